The van der Waals surface area contributed by atoms with Crippen LogP contribution in [0.5, 0.6) is 5.75 Å². The molecule has 160 valence electrons. The van der Waals surface area contributed by atoms with Gasteiger partial charge >= 0.3 is 0 Å². The molecule has 1 unspecified atom stereocenters. The first-order valence-corrected chi connectivity index (χ1v) is 10.7. The zero-order valence-electron chi connectivity index (χ0n) is 18.3. The Morgan fingerprint density at radius 3 is 2.61 bits per heavy atom. The molecule has 4 rings (SSSR count). The molecule has 2 heterocycles. The molecule has 0 aliphatic heterocycles. The second kappa shape index (κ2) is 8.84. The zero-order valence-corrected chi connectivity index (χ0v) is 18.3. The van der Waals surface area contributed by atoms with Crippen molar-refractivity contribution < 1.29 is 9.53 Å². The van der Waals surface area contributed by atoms with E-state index in [-0.39, 0.29) is 17.4 Å². The van der Waals surface area contributed by atoms with Crippen molar-refractivity contribution in [3.63, 3.8) is 0 Å². The normalized spacial score (nSPS) is 16.9. The van der Waals surface area contributed by atoms with Gasteiger partial charge in [-0.25, -0.2) is 9.97 Å². The third-order valence-electron chi connectivity index (χ3n) is 5.55. The Bertz CT molecular complexity index is 1050. The number of hydrogen-bond acceptors (Lipinski definition) is 5. The van der Waals surface area contributed by atoms with Gasteiger partial charge in [0.15, 0.2) is 5.82 Å². The minimum Gasteiger partial charge on any atom is -0.494 e. The van der Waals surface area contributed by atoms with Crippen molar-refractivity contribution in [3.8, 4) is 17.1 Å². The van der Waals surface area contributed by atoms with Crippen molar-refractivity contribution in [1.29, 1.82) is 0 Å². The first kappa shape index (κ1) is 21.0. The molecule has 0 spiro atoms. The molecule has 1 N–H and O–H groups in total. The number of nitrogens with one attached hydrogen (secondary N) is 1. The summed E-state index contributed by atoms with van der Waals surface area (Å²) in [4.78, 5) is 26.3. The molecule has 0 saturated carbocycles. The number of fused-ring (bicyclic) bond motifs is 1. The fourth-order valence-corrected chi connectivity index (χ4v) is 4.12. The van der Waals surface area contributed by atoms with Crippen molar-refractivity contribution in [1.82, 2.24) is 20.3 Å². The van der Waals surface area contributed by atoms with Crippen LogP contribution in [0.15, 0.2) is 55.0 Å². The average Bonchev–Trinajstić information content (AvgIpc) is 2.74. The fourth-order valence-electron chi connectivity index (χ4n) is 4.12. The summed E-state index contributed by atoms with van der Waals surface area (Å²) in [5.74, 6) is 1.51. The minimum absolute atomic E-state index is 0.00369. The van der Waals surface area contributed by atoms with Gasteiger partial charge in [-0.05, 0) is 55.0 Å². The Balaban J connectivity index is 1.51. The Morgan fingerprint density at radius 2 is 1.90 bits per heavy atom. The van der Waals surface area contributed by atoms with Crippen molar-refractivity contribution in [2.45, 2.75) is 46.1 Å². The Morgan fingerprint density at radius 1 is 1.16 bits per heavy atom. The molecular formula is C25H28N4O2. The highest BCUT2D eigenvalue weighted by molar-refractivity contribution is 5.79. The summed E-state index contributed by atoms with van der Waals surface area (Å²) in [6, 6.07) is 11.4. The maximum absolute atomic E-state index is 12.8. The van der Waals surface area contributed by atoms with Crippen LogP contribution in [0.3, 0.4) is 0 Å². The van der Waals surface area contributed by atoms with Gasteiger partial charge in [-0.2, -0.15) is 0 Å². The molecule has 2 aromatic heterocycles. The molecule has 0 fully saturated rings. The van der Waals surface area contributed by atoms with Crippen LogP contribution >= 0.6 is 0 Å². The molecule has 1 aliphatic rings. The summed E-state index contributed by atoms with van der Waals surface area (Å²) in [5.41, 5.74) is 3.95. The van der Waals surface area contributed by atoms with Gasteiger partial charge in [-0.1, -0.05) is 26.0 Å². The number of aromatic nitrogens is 3. The lowest BCUT2D eigenvalue weighted by atomic mass is 9.74. The Kier molecular flexibility index (Phi) is 5.98. The minimum atomic E-state index is -0.0968. The SMILES string of the molecule is CCOc1ccc(CC(=O)NC2CC(C)(C)Cc3nc(-c4ccncc4)ncc32)cc1. The van der Waals surface area contributed by atoms with Crippen LogP contribution in [0.1, 0.15) is 50.1 Å². The predicted molar refractivity (Wildman–Crippen MR) is 120 cm³/mol. The number of pyridine rings is 1. The number of carbonyl (C=O) groups is 1. The van der Waals surface area contributed by atoms with E-state index in [0.717, 1.165) is 41.0 Å². The number of carbonyl (C=O) groups excluding carboxylic acids is 1. The molecule has 1 atom stereocenters. The first-order valence-electron chi connectivity index (χ1n) is 10.7. The molecule has 0 radical (unpaired) electrons. The van der Waals surface area contributed by atoms with Gasteiger partial charge in [0.2, 0.25) is 5.91 Å². The lowest BCUT2D eigenvalue weighted by Gasteiger charge is -2.36. The topological polar surface area (TPSA) is 77.0 Å². The van der Waals surface area contributed by atoms with E-state index < -0.39 is 0 Å². The highest BCUT2D eigenvalue weighted by Gasteiger charge is 2.34. The lowest BCUT2D eigenvalue weighted by molar-refractivity contribution is -0.121. The Hall–Kier alpha value is -3.28. The number of nitrogens with zero attached hydrogens (tertiary/aromatic N) is 3. The van der Waals surface area contributed by atoms with Gasteiger partial charge in [0.1, 0.15) is 5.75 Å². The molecule has 3 aromatic rings. The Labute approximate surface area is 183 Å². The highest BCUT2D eigenvalue weighted by atomic mass is 16.5. The van der Waals surface area contributed by atoms with E-state index in [0.29, 0.717) is 18.9 Å². The van der Waals surface area contributed by atoms with Crippen molar-refractivity contribution in [3.05, 3.63) is 71.8 Å². The van der Waals surface area contributed by atoms with Gasteiger partial charge in [-0.3, -0.25) is 9.78 Å². The van der Waals surface area contributed by atoms with Crippen molar-refractivity contribution in [2.24, 2.45) is 5.41 Å². The van der Waals surface area contributed by atoms with Crippen LogP contribution in [-0.4, -0.2) is 27.5 Å². The lowest BCUT2D eigenvalue weighted by Crippen LogP contribution is -2.37. The third kappa shape index (κ3) is 5.08. The van der Waals surface area contributed by atoms with Crippen LogP contribution in [0, 0.1) is 5.41 Å². The van der Waals surface area contributed by atoms with E-state index in [1.807, 2.05) is 49.5 Å². The van der Waals surface area contributed by atoms with Crippen molar-refractivity contribution >= 4 is 5.91 Å². The third-order valence-corrected chi connectivity index (χ3v) is 5.55. The van der Waals surface area contributed by atoms with Gasteiger partial charge in [0, 0.05) is 29.7 Å². The molecule has 6 nitrogen and oxygen atoms in total. The molecule has 1 aromatic carbocycles. The van der Waals surface area contributed by atoms with Gasteiger partial charge < -0.3 is 10.1 Å². The number of rotatable bonds is 6. The van der Waals surface area contributed by atoms with E-state index in [9.17, 15) is 4.79 Å². The monoisotopic (exact) mass is 416 g/mol. The number of ether oxygens (including phenoxy) is 1. The molecule has 0 saturated heterocycles. The highest BCUT2D eigenvalue weighted by Crippen LogP contribution is 2.40. The van der Waals surface area contributed by atoms with E-state index >= 15 is 0 Å². The van der Waals surface area contributed by atoms with Gasteiger partial charge in [0.25, 0.3) is 0 Å². The fraction of sp³-hybridized carbons (Fsp3) is 0.360. The quantitative estimate of drug-likeness (QED) is 0.648. The van der Waals surface area contributed by atoms with E-state index in [2.05, 4.69) is 29.1 Å². The van der Waals surface area contributed by atoms with Crippen LogP contribution < -0.4 is 10.1 Å². The molecular weight excluding hydrogens is 388 g/mol. The van der Waals surface area contributed by atoms with E-state index in [4.69, 9.17) is 9.72 Å². The van der Waals surface area contributed by atoms with Gasteiger partial charge in [-0.15, -0.1) is 0 Å². The summed E-state index contributed by atoms with van der Waals surface area (Å²) in [6.45, 7) is 7.02. The van der Waals surface area contributed by atoms with Crippen LogP contribution in [0.25, 0.3) is 11.4 Å². The number of amides is 1. The van der Waals surface area contributed by atoms with Crippen LogP contribution in [-0.2, 0) is 17.6 Å². The molecule has 1 amide bonds. The molecule has 6 heteroatoms. The molecule has 0 bridgehead atoms. The summed E-state index contributed by atoms with van der Waals surface area (Å²) < 4.78 is 5.47. The largest absolute Gasteiger partial charge is 0.494 e. The molecule has 31 heavy (non-hydrogen) atoms. The zero-order chi connectivity index (χ0) is 21.8. The first-order chi connectivity index (χ1) is 14.9. The second-order valence-electron chi connectivity index (χ2n) is 8.75. The summed E-state index contributed by atoms with van der Waals surface area (Å²) in [7, 11) is 0. The summed E-state index contributed by atoms with van der Waals surface area (Å²) >= 11 is 0. The standard InChI is InChI=1S/C25H28N4O2/c1-4-31-19-7-5-17(6-8-19)13-23(30)28-21-14-25(2,3)15-22-20(21)16-27-24(29-22)18-9-11-26-12-10-18/h5-12,16,21H,4,13-15H2,1-3H3,(H,28,30). The van der Waals surface area contributed by atoms with E-state index in [1.54, 1.807) is 12.4 Å². The van der Waals surface area contributed by atoms with Crippen LogP contribution in [0.4, 0.5) is 0 Å². The maximum atomic E-state index is 12.8. The number of benzene rings is 1. The number of hydrogen-bond donors (Lipinski definition) is 1. The van der Waals surface area contributed by atoms with Crippen molar-refractivity contribution in [2.75, 3.05) is 6.61 Å². The smallest absolute Gasteiger partial charge is 0.224 e. The van der Waals surface area contributed by atoms with Crippen LogP contribution in [0.2, 0.25) is 0 Å². The summed E-state index contributed by atoms with van der Waals surface area (Å²) in [6.07, 6.45) is 7.39. The summed E-state index contributed by atoms with van der Waals surface area (Å²) in [5, 5.41) is 3.22. The maximum Gasteiger partial charge on any atom is 0.224 e. The van der Waals surface area contributed by atoms with Gasteiger partial charge in [0.05, 0.1) is 24.8 Å². The average molecular weight is 417 g/mol. The predicted octanol–water partition coefficient (Wildman–Crippen LogP) is 4.31. The second-order valence-corrected chi connectivity index (χ2v) is 8.75. The molecule has 1 aliphatic carbocycles. The van der Waals surface area contributed by atoms with E-state index in [1.165, 1.54) is 0 Å².